The molecule has 224 valence electrons. The third-order valence-corrected chi connectivity index (χ3v) is 7.00. The summed E-state index contributed by atoms with van der Waals surface area (Å²) in [6.07, 6.45) is 16.0. The molecule has 0 spiro atoms. The first-order chi connectivity index (χ1) is 19.9. The lowest BCUT2D eigenvalue weighted by Crippen LogP contribution is -2.34. The van der Waals surface area contributed by atoms with E-state index in [0.717, 1.165) is 63.6 Å². The molecule has 0 aliphatic carbocycles. The van der Waals surface area contributed by atoms with Crippen LogP contribution in [0.5, 0.6) is 5.75 Å². The summed E-state index contributed by atoms with van der Waals surface area (Å²) < 4.78 is 20.1. The summed E-state index contributed by atoms with van der Waals surface area (Å²) in [6, 6.07) is 7.09. The van der Waals surface area contributed by atoms with Gasteiger partial charge in [0.2, 0.25) is 11.8 Å². The van der Waals surface area contributed by atoms with Crippen LogP contribution in [0, 0.1) is 24.1 Å². The predicted molar refractivity (Wildman–Crippen MR) is 162 cm³/mol. The quantitative estimate of drug-likeness (QED) is 0.160. The van der Waals surface area contributed by atoms with Crippen molar-refractivity contribution in [2.75, 3.05) is 26.2 Å². The second-order valence-electron chi connectivity index (χ2n) is 10.5. The number of hydrogen-bond acceptors (Lipinski definition) is 5. The number of halogens is 1. The number of aromatic nitrogens is 1. The fraction of sp³-hybridized carbons (Fsp3) is 0.545. The van der Waals surface area contributed by atoms with Gasteiger partial charge >= 0.3 is 0 Å². The predicted octanol–water partition coefficient (Wildman–Crippen LogP) is 5.20. The molecule has 1 aromatic heterocycles. The van der Waals surface area contributed by atoms with Crippen molar-refractivity contribution in [3.63, 3.8) is 0 Å². The number of terminal acetylenes is 1. The first-order valence-electron chi connectivity index (χ1n) is 14.9. The summed E-state index contributed by atoms with van der Waals surface area (Å²) in [5, 5.41) is 3.46. The first kappa shape index (κ1) is 33.8. The maximum Gasteiger partial charge on any atom is 0.222 e. The van der Waals surface area contributed by atoms with E-state index in [1.54, 1.807) is 6.07 Å². The van der Waals surface area contributed by atoms with Crippen LogP contribution in [0.3, 0.4) is 0 Å². The second kappa shape index (κ2) is 19.6. The molecule has 0 saturated carbocycles. The maximum atomic E-state index is 14.2. The average Bonchev–Trinajstić information content (AvgIpc) is 2.95. The number of carbonyl (C=O) groups excluding carboxylic acids is 2. The van der Waals surface area contributed by atoms with E-state index in [1.807, 2.05) is 30.3 Å². The van der Waals surface area contributed by atoms with E-state index in [1.165, 1.54) is 17.2 Å². The Labute approximate surface area is 245 Å². The molecule has 0 fully saturated rings. The van der Waals surface area contributed by atoms with Crippen molar-refractivity contribution in [3.8, 4) is 18.1 Å². The second-order valence-corrected chi connectivity index (χ2v) is 10.5. The number of nitrogens with two attached hydrogens (primary N) is 1. The number of rotatable bonds is 21. The number of hydrogen-bond donors (Lipinski definition) is 2. The van der Waals surface area contributed by atoms with Crippen LogP contribution in [0.1, 0.15) is 81.9 Å². The molecule has 0 aliphatic heterocycles. The summed E-state index contributed by atoms with van der Waals surface area (Å²) >= 11 is 0. The van der Waals surface area contributed by atoms with Gasteiger partial charge in [-0.15, -0.1) is 12.3 Å². The fourth-order valence-electron chi connectivity index (χ4n) is 4.66. The number of nitrogens with zero attached hydrogens (tertiary/aromatic N) is 2. The van der Waals surface area contributed by atoms with Crippen molar-refractivity contribution in [1.82, 2.24) is 15.2 Å². The lowest BCUT2D eigenvalue weighted by atomic mass is 9.98. The number of primary amides is 1. The minimum Gasteiger partial charge on any atom is -0.493 e. The molecule has 2 rings (SSSR count). The van der Waals surface area contributed by atoms with Gasteiger partial charge in [-0.2, -0.15) is 0 Å². The smallest absolute Gasteiger partial charge is 0.222 e. The molecule has 0 bridgehead atoms. The third kappa shape index (κ3) is 13.7. The molecule has 3 N–H and O–H groups in total. The molecule has 41 heavy (non-hydrogen) atoms. The van der Waals surface area contributed by atoms with E-state index < -0.39 is 11.8 Å². The first-order valence-corrected chi connectivity index (χ1v) is 14.9. The maximum absolute atomic E-state index is 14.2. The van der Waals surface area contributed by atoms with Crippen molar-refractivity contribution in [1.29, 1.82) is 0 Å². The Morgan fingerprint density at radius 2 is 1.88 bits per heavy atom. The number of aryl methyl sites for hydroxylation is 2. The van der Waals surface area contributed by atoms with E-state index in [-0.39, 0.29) is 24.6 Å². The Morgan fingerprint density at radius 1 is 1.07 bits per heavy atom. The van der Waals surface area contributed by atoms with Gasteiger partial charge in [0.15, 0.2) is 0 Å². The molecular weight excluding hydrogens is 519 g/mol. The van der Waals surface area contributed by atoms with E-state index in [4.69, 9.17) is 16.9 Å². The number of benzene rings is 1. The number of ether oxygens (including phenoxy) is 1. The van der Waals surface area contributed by atoms with Gasteiger partial charge in [-0.3, -0.25) is 14.6 Å². The highest BCUT2D eigenvalue weighted by atomic mass is 19.1. The Kier molecular flexibility index (Phi) is 16.1. The number of carbonyl (C=O) groups is 2. The fourth-order valence-corrected chi connectivity index (χ4v) is 4.66. The molecule has 8 heteroatoms. The normalized spacial score (nSPS) is 11.6. The van der Waals surface area contributed by atoms with Gasteiger partial charge in [0.25, 0.3) is 0 Å². The van der Waals surface area contributed by atoms with Crippen LogP contribution in [-0.4, -0.2) is 47.9 Å². The van der Waals surface area contributed by atoms with Crippen LogP contribution >= 0.6 is 0 Å². The zero-order chi connectivity index (χ0) is 29.9. The van der Waals surface area contributed by atoms with Crippen LogP contribution < -0.4 is 15.8 Å². The molecule has 1 heterocycles. The molecular formula is C33H47FN4O3. The standard InChI is InChI=1S/C33H47FN4O3/c1-4-11-29(33(35)40)13-14-32(39)38(16-5-2)17-9-10-18-41-31-21-27(20-30(34)22-31)12-7-8-15-36-24-28-19-26(6-3)23-37-25-28/h1,19-23,25,29,36H,5-18,24H2,2-3H3,(H2,35,40). The minimum absolute atomic E-state index is 0.00344. The van der Waals surface area contributed by atoms with Crippen LogP contribution in [-0.2, 0) is 29.0 Å². The van der Waals surface area contributed by atoms with Gasteiger partial charge in [-0.1, -0.05) is 19.9 Å². The van der Waals surface area contributed by atoms with Crippen LogP contribution in [0.15, 0.2) is 36.7 Å². The van der Waals surface area contributed by atoms with E-state index in [0.29, 0.717) is 31.9 Å². The minimum atomic E-state index is -0.472. The monoisotopic (exact) mass is 566 g/mol. The SMILES string of the molecule is C#CCC(CCC(=O)N(CCC)CCCCOc1cc(F)cc(CCCCNCc2cncc(CC)c2)c1)C(N)=O. The zero-order valence-corrected chi connectivity index (χ0v) is 24.8. The van der Waals surface area contributed by atoms with Crippen molar-refractivity contribution in [2.24, 2.45) is 11.7 Å². The van der Waals surface area contributed by atoms with E-state index in [9.17, 15) is 14.0 Å². The third-order valence-electron chi connectivity index (χ3n) is 7.00. The number of unbranched alkanes of at least 4 members (excludes halogenated alkanes) is 2. The Hall–Kier alpha value is -3.44. The summed E-state index contributed by atoms with van der Waals surface area (Å²) in [5.41, 5.74) is 8.75. The van der Waals surface area contributed by atoms with Crippen molar-refractivity contribution >= 4 is 11.8 Å². The Balaban J connectivity index is 1.68. The van der Waals surface area contributed by atoms with Gasteiger partial charge in [-0.05, 0) is 86.7 Å². The van der Waals surface area contributed by atoms with Gasteiger partial charge in [0.05, 0.1) is 6.61 Å². The number of amides is 2. The van der Waals surface area contributed by atoms with Crippen LogP contribution in [0.25, 0.3) is 0 Å². The Morgan fingerprint density at radius 3 is 2.61 bits per heavy atom. The molecule has 0 saturated heterocycles. The lowest BCUT2D eigenvalue weighted by Gasteiger charge is -2.23. The molecule has 1 aromatic carbocycles. The summed E-state index contributed by atoms with van der Waals surface area (Å²) in [5.74, 6) is 1.76. The highest BCUT2D eigenvalue weighted by molar-refractivity contribution is 5.79. The summed E-state index contributed by atoms with van der Waals surface area (Å²) in [4.78, 5) is 30.3. The van der Waals surface area contributed by atoms with Crippen LogP contribution in [0.4, 0.5) is 4.39 Å². The van der Waals surface area contributed by atoms with Gasteiger partial charge in [-0.25, -0.2) is 4.39 Å². The molecule has 2 aromatic rings. The number of nitrogens with one attached hydrogen (secondary N) is 1. The highest BCUT2D eigenvalue weighted by Crippen LogP contribution is 2.19. The van der Waals surface area contributed by atoms with Crippen molar-refractivity contribution in [3.05, 3.63) is 59.2 Å². The highest BCUT2D eigenvalue weighted by Gasteiger charge is 2.19. The molecule has 0 aliphatic rings. The van der Waals surface area contributed by atoms with Crippen molar-refractivity contribution in [2.45, 2.75) is 84.6 Å². The summed E-state index contributed by atoms with van der Waals surface area (Å²) in [7, 11) is 0. The molecule has 1 atom stereocenters. The topological polar surface area (TPSA) is 97.6 Å². The van der Waals surface area contributed by atoms with Gasteiger partial charge in [0.1, 0.15) is 11.6 Å². The Bertz CT molecular complexity index is 1120. The molecule has 1 unspecified atom stereocenters. The lowest BCUT2D eigenvalue weighted by molar-refractivity contribution is -0.132. The van der Waals surface area contributed by atoms with Crippen LogP contribution in [0.2, 0.25) is 0 Å². The van der Waals surface area contributed by atoms with E-state index >= 15 is 0 Å². The average molecular weight is 567 g/mol. The van der Waals surface area contributed by atoms with Crippen molar-refractivity contribution < 1.29 is 18.7 Å². The molecule has 2 amide bonds. The molecule has 0 radical (unpaired) electrons. The van der Waals surface area contributed by atoms with Gasteiger partial charge in [0, 0.05) is 56.9 Å². The number of pyridine rings is 1. The summed E-state index contributed by atoms with van der Waals surface area (Å²) in [6.45, 7) is 7.54. The van der Waals surface area contributed by atoms with E-state index in [2.05, 4.69) is 29.2 Å². The molecule has 7 nitrogen and oxygen atoms in total. The van der Waals surface area contributed by atoms with Gasteiger partial charge < -0.3 is 20.7 Å². The largest absolute Gasteiger partial charge is 0.493 e. The zero-order valence-electron chi connectivity index (χ0n) is 24.8.